The Morgan fingerprint density at radius 2 is 1.88 bits per heavy atom. The molecule has 2 aliphatic heterocycles. The maximum atomic E-state index is 12.2. The zero-order valence-electron chi connectivity index (χ0n) is 14.6. The summed E-state index contributed by atoms with van der Waals surface area (Å²) in [6, 6.07) is 13.7. The molecule has 1 amide bonds. The first kappa shape index (κ1) is 16.6. The van der Waals surface area contributed by atoms with E-state index in [1.807, 2.05) is 29.2 Å². The molecule has 2 aliphatic rings. The van der Waals surface area contributed by atoms with Crippen molar-refractivity contribution >= 4 is 17.6 Å². The van der Waals surface area contributed by atoms with Crippen LogP contribution in [0.5, 0.6) is 0 Å². The molecule has 2 aromatic rings. The summed E-state index contributed by atoms with van der Waals surface area (Å²) in [6.07, 6.45) is 1.55. The Balaban J connectivity index is 1.62. The van der Waals surface area contributed by atoms with Gasteiger partial charge in [0.15, 0.2) is 0 Å². The molecule has 6 nitrogen and oxygen atoms in total. The lowest BCUT2D eigenvalue weighted by molar-refractivity contribution is -0.130. The Bertz CT molecular complexity index is 839. The molecular weight excluding hydrogens is 330 g/mol. The number of carbonyl (C=O) groups is 2. The number of hydrogen-bond acceptors (Lipinski definition) is 4. The van der Waals surface area contributed by atoms with Crippen molar-refractivity contribution in [2.45, 2.75) is 13.0 Å². The van der Waals surface area contributed by atoms with Gasteiger partial charge in [-0.3, -0.25) is 4.79 Å². The van der Waals surface area contributed by atoms with Crippen molar-refractivity contribution in [1.82, 2.24) is 9.88 Å². The molecule has 0 saturated carbocycles. The normalized spacial score (nSPS) is 24.6. The second kappa shape index (κ2) is 6.44. The van der Waals surface area contributed by atoms with Gasteiger partial charge in [0.1, 0.15) is 5.69 Å². The highest BCUT2D eigenvalue weighted by Crippen LogP contribution is 2.45. The summed E-state index contributed by atoms with van der Waals surface area (Å²) in [5.41, 5.74) is 2.11. The lowest BCUT2D eigenvalue weighted by Crippen LogP contribution is -2.34. The van der Waals surface area contributed by atoms with Gasteiger partial charge in [-0.25, -0.2) is 9.78 Å². The van der Waals surface area contributed by atoms with Gasteiger partial charge in [-0.05, 0) is 17.7 Å². The Hall–Kier alpha value is -2.89. The molecular formula is C20H21N3O3. The maximum Gasteiger partial charge on any atom is 0.354 e. The van der Waals surface area contributed by atoms with Crippen LogP contribution in [0.4, 0.5) is 5.69 Å². The van der Waals surface area contributed by atoms with Crippen molar-refractivity contribution in [3.63, 3.8) is 0 Å². The largest absolute Gasteiger partial charge is 0.477 e. The molecule has 0 bridgehead atoms. The summed E-state index contributed by atoms with van der Waals surface area (Å²) < 4.78 is 0. The molecule has 0 aliphatic carbocycles. The van der Waals surface area contributed by atoms with Crippen LogP contribution in [0, 0.1) is 11.8 Å². The summed E-state index contributed by atoms with van der Waals surface area (Å²) in [6.45, 7) is 4.00. The summed E-state index contributed by atoms with van der Waals surface area (Å²) in [4.78, 5) is 31.5. The van der Waals surface area contributed by atoms with Crippen LogP contribution in [-0.2, 0) is 4.79 Å². The molecule has 1 aromatic heterocycles. The van der Waals surface area contributed by atoms with Gasteiger partial charge in [0, 0.05) is 50.3 Å². The molecule has 2 fully saturated rings. The van der Waals surface area contributed by atoms with Gasteiger partial charge in [-0.1, -0.05) is 30.3 Å². The number of carbonyl (C=O) groups excluding carboxylic acids is 1. The number of carboxylic acid groups (broad SMARTS) is 1. The lowest BCUT2D eigenvalue weighted by atomic mass is 9.89. The highest BCUT2D eigenvalue weighted by atomic mass is 16.4. The Morgan fingerprint density at radius 1 is 1.12 bits per heavy atom. The summed E-state index contributed by atoms with van der Waals surface area (Å²) in [5.74, 6) is -0.193. The number of benzene rings is 1. The molecule has 0 radical (unpaired) electrons. The van der Waals surface area contributed by atoms with Gasteiger partial charge in [-0.2, -0.15) is 0 Å². The number of hydrogen-bond donors (Lipinski definition) is 1. The van der Waals surface area contributed by atoms with E-state index in [-0.39, 0.29) is 17.6 Å². The molecule has 134 valence electrons. The summed E-state index contributed by atoms with van der Waals surface area (Å²) in [5, 5.41) is 9.17. The number of aromatic nitrogens is 1. The number of aromatic carboxylic acids is 1. The van der Waals surface area contributed by atoms with Crippen LogP contribution in [0.3, 0.4) is 0 Å². The lowest BCUT2D eigenvalue weighted by Gasteiger charge is -2.29. The van der Waals surface area contributed by atoms with E-state index in [0.717, 1.165) is 30.9 Å². The van der Waals surface area contributed by atoms with Gasteiger partial charge < -0.3 is 14.9 Å². The third-order valence-electron chi connectivity index (χ3n) is 5.54. The van der Waals surface area contributed by atoms with Crippen LogP contribution in [0.25, 0.3) is 0 Å². The Kier molecular flexibility index (Phi) is 4.11. The third-order valence-corrected chi connectivity index (χ3v) is 5.54. The van der Waals surface area contributed by atoms with Crippen LogP contribution in [0.1, 0.15) is 29.0 Å². The van der Waals surface area contributed by atoms with Crippen molar-refractivity contribution in [3.05, 3.63) is 59.9 Å². The maximum absolute atomic E-state index is 12.2. The van der Waals surface area contributed by atoms with Crippen LogP contribution in [0.15, 0.2) is 48.7 Å². The van der Waals surface area contributed by atoms with E-state index in [1.54, 1.807) is 19.2 Å². The molecule has 0 spiro atoms. The molecule has 1 aromatic carbocycles. The minimum atomic E-state index is -1.02. The fraction of sp³-hybridized carbons (Fsp3) is 0.350. The fourth-order valence-electron chi connectivity index (χ4n) is 4.39. The smallest absolute Gasteiger partial charge is 0.354 e. The van der Waals surface area contributed by atoms with Crippen molar-refractivity contribution in [3.8, 4) is 0 Å². The van der Waals surface area contributed by atoms with Crippen molar-refractivity contribution in [2.24, 2.45) is 11.8 Å². The Morgan fingerprint density at radius 3 is 2.58 bits per heavy atom. The van der Waals surface area contributed by atoms with Gasteiger partial charge in [0.25, 0.3) is 0 Å². The quantitative estimate of drug-likeness (QED) is 0.919. The van der Waals surface area contributed by atoms with Crippen LogP contribution in [-0.4, -0.2) is 46.5 Å². The molecule has 3 atom stereocenters. The monoisotopic (exact) mass is 351 g/mol. The second-order valence-corrected chi connectivity index (χ2v) is 7.06. The van der Waals surface area contributed by atoms with Crippen LogP contribution >= 0.6 is 0 Å². The van der Waals surface area contributed by atoms with Gasteiger partial charge in [0.05, 0.1) is 6.04 Å². The van der Waals surface area contributed by atoms with Gasteiger partial charge in [-0.15, -0.1) is 0 Å². The molecule has 6 heteroatoms. The van der Waals surface area contributed by atoms with E-state index in [1.165, 1.54) is 0 Å². The molecule has 26 heavy (non-hydrogen) atoms. The number of fused-ring (bicyclic) bond motifs is 1. The fourth-order valence-corrected chi connectivity index (χ4v) is 4.39. The molecule has 0 unspecified atom stereocenters. The highest BCUT2D eigenvalue weighted by molar-refractivity contribution is 5.86. The van der Waals surface area contributed by atoms with E-state index < -0.39 is 5.97 Å². The number of nitrogens with zero attached hydrogens (tertiary/aromatic N) is 3. The van der Waals surface area contributed by atoms with E-state index in [0.29, 0.717) is 11.8 Å². The number of likely N-dealkylation sites (tertiary alicyclic amines) is 1. The van der Waals surface area contributed by atoms with Crippen LogP contribution in [0.2, 0.25) is 0 Å². The van der Waals surface area contributed by atoms with Crippen LogP contribution < -0.4 is 4.90 Å². The minimum absolute atomic E-state index is 0.0598. The van der Waals surface area contributed by atoms with Crippen molar-refractivity contribution < 1.29 is 14.7 Å². The van der Waals surface area contributed by atoms with E-state index >= 15 is 0 Å². The summed E-state index contributed by atoms with van der Waals surface area (Å²) in [7, 11) is 0. The minimum Gasteiger partial charge on any atom is -0.477 e. The predicted octanol–water partition coefficient (Wildman–Crippen LogP) is 2.44. The number of carboxylic acids is 1. The van der Waals surface area contributed by atoms with Crippen molar-refractivity contribution in [2.75, 3.05) is 24.5 Å². The molecule has 4 rings (SSSR count). The summed E-state index contributed by atoms with van der Waals surface area (Å²) >= 11 is 0. The zero-order chi connectivity index (χ0) is 18.3. The predicted molar refractivity (Wildman–Crippen MR) is 97.0 cm³/mol. The Labute approximate surface area is 152 Å². The van der Waals surface area contributed by atoms with Gasteiger partial charge >= 0.3 is 5.97 Å². The number of anilines is 1. The number of amides is 1. The molecule has 3 heterocycles. The average Bonchev–Trinajstić information content (AvgIpc) is 3.20. The molecule has 1 N–H and O–H groups in total. The van der Waals surface area contributed by atoms with E-state index in [4.69, 9.17) is 0 Å². The molecule has 2 saturated heterocycles. The topological polar surface area (TPSA) is 73.7 Å². The first-order valence-corrected chi connectivity index (χ1v) is 8.81. The van der Waals surface area contributed by atoms with E-state index in [9.17, 15) is 14.7 Å². The zero-order valence-corrected chi connectivity index (χ0v) is 14.6. The second-order valence-electron chi connectivity index (χ2n) is 7.06. The third kappa shape index (κ3) is 2.81. The first-order chi connectivity index (χ1) is 12.5. The average molecular weight is 351 g/mol. The SMILES string of the molecule is CC(=O)N1C[C@H]2CN(c3ccnc(C(=O)O)c3)C[C@H]2[C@@H]1c1ccccc1. The van der Waals surface area contributed by atoms with Gasteiger partial charge in [0.2, 0.25) is 5.91 Å². The highest BCUT2D eigenvalue weighted by Gasteiger charge is 2.48. The standard InChI is InChI=1S/C20H21N3O3/c1-13(24)23-11-15-10-22(16-7-8-21-18(9-16)20(25)26)12-17(15)19(23)14-5-3-2-4-6-14/h2-9,15,17,19H,10-12H2,1H3,(H,25,26)/t15-,17-,19+/m1/s1. The van der Waals surface area contributed by atoms with Crippen molar-refractivity contribution in [1.29, 1.82) is 0 Å². The van der Waals surface area contributed by atoms with E-state index in [2.05, 4.69) is 22.0 Å². The first-order valence-electron chi connectivity index (χ1n) is 8.81. The number of rotatable bonds is 3. The number of pyridine rings is 1.